The number of hydrogen-bond acceptors (Lipinski definition) is 4. The molecule has 0 atom stereocenters. The number of nitrogens with one attached hydrogen (secondary N) is 1. The lowest BCUT2D eigenvalue weighted by atomic mass is 10.6. The normalized spacial score (nSPS) is 28.1. The largest absolute Gasteiger partial charge is 0.253 e. The zero-order valence-corrected chi connectivity index (χ0v) is 6.75. The Morgan fingerprint density at radius 3 is 2.22 bits per heavy atom. The number of thiol groups is 1. The summed E-state index contributed by atoms with van der Waals surface area (Å²) >= 11 is 4.06. The zero-order valence-electron chi connectivity index (χ0n) is 5.04. The molecule has 0 radical (unpaired) electrons. The van der Waals surface area contributed by atoms with Crippen LogP contribution in [0, 0.1) is 4.78 Å². The van der Waals surface area contributed by atoms with Crippen molar-refractivity contribution in [3.05, 3.63) is 0 Å². The predicted octanol–water partition coefficient (Wildman–Crippen LogP) is 0.194. The Morgan fingerprint density at radius 2 is 1.89 bits per heavy atom. The molecule has 3 nitrogen and oxygen atoms in total. The maximum atomic E-state index is 11.0. The highest BCUT2D eigenvalue weighted by Crippen LogP contribution is 2.05. The summed E-state index contributed by atoms with van der Waals surface area (Å²) in [5.41, 5.74) is 0. The van der Waals surface area contributed by atoms with Gasteiger partial charge in [-0.3, -0.25) is 9.08 Å². The van der Waals surface area contributed by atoms with Crippen molar-refractivity contribution in [3.63, 3.8) is 0 Å². The van der Waals surface area contributed by atoms with Gasteiger partial charge in [0.15, 0.2) is 0 Å². The van der Waals surface area contributed by atoms with E-state index in [1.54, 1.807) is 4.31 Å². The molecular formula is C4H10N2OS2. The minimum atomic E-state index is -2.21. The molecule has 0 spiro atoms. The summed E-state index contributed by atoms with van der Waals surface area (Å²) in [7, 11) is -2.21. The molecule has 1 heterocycles. The molecule has 0 aromatic carbocycles. The molecule has 0 aromatic rings. The smallest absolute Gasteiger partial charge is 0.0467 e. The lowest BCUT2D eigenvalue weighted by molar-refractivity contribution is 0.513. The van der Waals surface area contributed by atoms with Gasteiger partial charge in [-0.25, -0.2) is 4.21 Å². The molecule has 5 heteroatoms. The van der Waals surface area contributed by atoms with Crippen LogP contribution >= 0.6 is 12.8 Å². The molecule has 9 heavy (non-hydrogen) atoms. The van der Waals surface area contributed by atoms with Gasteiger partial charge in [0.1, 0.15) is 0 Å². The van der Waals surface area contributed by atoms with Crippen LogP contribution in [0.3, 0.4) is 0 Å². The maximum Gasteiger partial charge on any atom is 0.0467 e. The Labute approximate surface area is 60.9 Å². The minimum Gasteiger partial charge on any atom is -0.253 e. The van der Waals surface area contributed by atoms with Crippen molar-refractivity contribution in [2.45, 2.75) is 0 Å². The second kappa shape index (κ2) is 2.48. The molecule has 1 N–H and O–H groups in total. The van der Waals surface area contributed by atoms with Crippen molar-refractivity contribution in [1.29, 1.82) is 4.78 Å². The van der Waals surface area contributed by atoms with Crippen LogP contribution in [-0.4, -0.2) is 33.1 Å². The SMILES string of the molecule is N=S1(=O)CCN(S)CC1. The van der Waals surface area contributed by atoms with E-state index in [2.05, 4.69) is 12.8 Å². The van der Waals surface area contributed by atoms with E-state index < -0.39 is 9.73 Å². The van der Waals surface area contributed by atoms with Crippen molar-refractivity contribution in [3.8, 4) is 0 Å². The Balaban J connectivity index is 2.55. The summed E-state index contributed by atoms with van der Waals surface area (Å²) in [5, 5.41) is 0. The van der Waals surface area contributed by atoms with E-state index in [0.29, 0.717) is 24.6 Å². The third kappa shape index (κ3) is 2.15. The first-order valence-corrected chi connectivity index (χ1v) is 5.08. The highest BCUT2D eigenvalue weighted by atomic mass is 32.2. The minimum absolute atomic E-state index is 0.483. The van der Waals surface area contributed by atoms with E-state index in [1.807, 2.05) is 0 Å². The average Bonchev–Trinajstić information content (AvgIpc) is 1.78. The van der Waals surface area contributed by atoms with Gasteiger partial charge in [0.2, 0.25) is 0 Å². The Kier molecular flexibility index (Phi) is 2.03. The third-order valence-corrected chi connectivity index (χ3v) is 3.44. The fraction of sp³-hybridized carbons (Fsp3) is 1.00. The third-order valence-electron chi connectivity index (χ3n) is 1.36. The van der Waals surface area contributed by atoms with E-state index in [0.717, 1.165) is 0 Å². The summed E-state index contributed by atoms with van der Waals surface area (Å²) in [6, 6.07) is 0. The van der Waals surface area contributed by atoms with Gasteiger partial charge in [0.05, 0.1) is 0 Å². The van der Waals surface area contributed by atoms with Crippen LogP contribution in [0.25, 0.3) is 0 Å². The molecule has 0 aromatic heterocycles. The summed E-state index contributed by atoms with van der Waals surface area (Å²) < 4.78 is 19.9. The fourth-order valence-corrected chi connectivity index (χ4v) is 2.42. The lowest BCUT2D eigenvalue weighted by Gasteiger charge is -2.21. The molecular weight excluding hydrogens is 156 g/mol. The molecule has 1 rings (SSSR count). The Hall–Kier alpha value is 0.260. The van der Waals surface area contributed by atoms with E-state index in [4.69, 9.17) is 4.78 Å². The summed E-state index contributed by atoms with van der Waals surface area (Å²) in [6.45, 7) is 1.37. The molecule has 0 bridgehead atoms. The van der Waals surface area contributed by atoms with Crippen molar-refractivity contribution in [2.24, 2.45) is 0 Å². The summed E-state index contributed by atoms with van der Waals surface area (Å²) in [4.78, 5) is 0. The van der Waals surface area contributed by atoms with Crippen LogP contribution < -0.4 is 0 Å². The van der Waals surface area contributed by atoms with Crippen LogP contribution in [0.4, 0.5) is 0 Å². The molecule has 0 saturated carbocycles. The Morgan fingerprint density at radius 1 is 1.44 bits per heavy atom. The molecule has 0 amide bonds. The molecule has 1 fully saturated rings. The molecule has 1 aliphatic rings. The lowest BCUT2D eigenvalue weighted by Crippen LogP contribution is -2.33. The molecule has 1 saturated heterocycles. The molecule has 1 aliphatic heterocycles. The van der Waals surface area contributed by atoms with Gasteiger partial charge in [0, 0.05) is 34.3 Å². The summed E-state index contributed by atoms with van der Waals surface area (Å²) in [5.74, 6) is 0.965. The monoisotopic (exact) mass is 166 g/mol. The number of hydrogen-bond donors (Lipinski definition) is 2. The van der Waals surface area contributed by atoms with Gasteiger partial charge >= 0.3 is 0 Å². The first-order chi connectivity index (χ1) is 4.10. The highest BCUT2D eigenvalue weighted by molar-refractivity contribution is 7.92. The second-order valence-corrected chi connectivity index (χ2v) is 5.18. The van der Waals surface area contributed by atoms with Crippen LogP contribution in [0.2, 0.25) is 0 Å². The highest BCUT2D eigenvalue weighted by Gasteiger charge is 2.15. The fourth-order valence-electron chi connectivity index (χ4n) is 0.720. The quantitative estimate of drug-likeness (QED) is 0.505. The van der Waals surface area contributed by atoms with Gasteiger partial charge in [-0.05, 0) is 0 Å². The van der Waals surface area contributed by atoms with E-state index in [-0.39, 0.29) is 0 Å². The maximum absolute atomic E-state index is 11.0. The van der Waals surface area contributed by atoms with E-state index >= 15 is 0 Å². The first kappa shape index (κ1) is 7.37. The molecule has 0 aliphatic carbocycles. The van der Waals surface area contributed by atoms with Crippen LogP contribution in [-0.2, 0) is 9.73 Å². The second-order valence-electron chi connectivity index (χ2n) is 2.17. The number of rotatable bonds is 0. The molecule has 54 valence electrons. The average molecular weight is 166 g/mol. The van der Waals surface area contributed by atoms with Gasteiger partial charge in [-0.1, -0.05) is 12.8 Å². The van der Waals surface area contributed by atoms with E-state index in [1.165, 1.54) is 0 Å². The van der Waals surface area contributed by atoms with Crippen LogP contribution in [0.1, 0.15) is 0 Å². The van der Waals surface area contributed by atoms with Crippen LogP contribution in [0.5, 0.6) is 0 Å². The van der Waals surface area contributed by atoms with Crippen molar-refractivity contribution >= 4 is 22.5 Å². The summed E-state index contributed by atoms with van der Waals surface area (Å²) in [6.07, 6.45) is 0. The van der Waals surface area contributed by atoms with E-state index in [9.17, 15) is 4.21 Å². The van der Waals surface area contributed by atoms with Crippen molar-refractivity contribution in [1.82, 2.24) is 4.31 Å². The van der Waals surface area contributed by atoms with Crippen molar-refractivity contribution in [2.75, 3.05) is 24.6 Å². The van der Waals surface area contributed by atoms with Gasteiger partial charge in [-0.15, -0.1) is 0 Å². The van der Waals surface area contributed by atoms with Crippen LogP contribution in [0.15, 0.2) is 0 Å². The van der Waals surface area contributed by atoms with Crippen molar-refractivity contribution < 1.29 is 4.21 Å². The Bertz CT molecular complexity index is 173. The first-order valence-electron chi connectivity index (χ1n) is 2.78. The van der Waals surface area contributed by atoms with Gasteiger partial charge in [0.25, 0.3) is 0 Å². The predicted molar refractivity (Wildman–Crippen MR) is 41.2 cm³/mol. The standard InChI is InChI=1S/C4H10N2OS2/c5-9(7)3-1-6(8)2-4-9/h5,8H,1-4H2. The van der Waals surface area contributed by atoms with Gasteiger partial charge < -0.3 is 0 Å². The number of nitrogens with zero attached hydrogens (tertiary/aromatic N) is 1. The molecule has 0 unspecified atom stereocenters. The topological polar surface area (TPSA) is 44.2 Å². The zero-order chi connectivity index (χ0) is 6.91. The van der Waals surface area contributed by atoms with Gasteiger partial charge in [-0.2, -0.15) is 0 Å².